The highest BCUT2D eigenvalue weighted by Gasteiger charge is 2.15. The molecule has 98 valence electrons. The van der Waals surface area contributed by atoms with Crippen molar-refractivity contribution in [3.05, 3.63) is 24.3 Å². The lowest BCUT2D eigenvalue weighted by molar-refractivity contribution is -0.142. The number of phenols is 1. The van der Waals surface area contributed by atoms with Crippen molar-refractivity contribution < 1.29 is 19.4 Å². The van der Waals surface area contributed by atoms with Crippen molar-refractivity contribution in [2.45, 2.75) is 18.9 Å². The summed E-state index contributed by atoms with van der Waals surface area (Å²) >= 11 is 0. The number of hydrogen-bond acceptors (Lipinski definition) is 5. The fourth-order valence-corrected chi connectivity index (χ4v) is 1.36. The number of ether oxygens (including phenoxy) is 1. The number of methoxy groups -OCH3 is 1. The largest absolute Gasteiger partial charge is 0.508 e. The van der Waals surface area contributed by atoms with Gasteiger partial charge >= 0.3 is 5.97 Å². The Morgan fingerprint density at radius 2 is 2.22 bits per heavy atom. The van der Waals surface area contributed by atoms with Gasteiger partial charge < -0.3 is 20.9 Å². The van der Waals surface area contributed by atoms with Crippen molar-refractivity contribution in [1.82, 2.24) is 0 Å². The molecular weight excluding hydrogens is 236 g/mol. The molecule has 1 amide bonds. The Kier molecular flexibility index (Phi) is 5.13. The van der Waals surface area contributed by atoms with Crippen LogP contribution in [-0.4, -0.2) is 30.1 Å². The molecule has 0 radical (unpaired) electrons. The lowest BCUT2D eigenvalue weighted by Crippen LogP contribution is -2.32. The second-order valence-corrected chi connectivity index (χ2v) is 3.77. The van der Waals surface area contributed by atoms with Gasteiger partial charge in [0.05, 0.1) is 7.11 Å². The van der Waals surface area contributed by atoms with E-state index in [0.717, 1.165) is 0 Å². The van der Waals surface area contributed by atoms with Gasteiger partial charge in [-0.15, -0.1) is 0 Å². The highest BCUT2D eigenvalue weighted by molar-refractivity contribution is 5.91. The van der Waals surface area contributed by atoms with Crippen LogP contribution in [0.3, 0.4) is 0 Å². The van der Waals surface area contributed by atoms with E-state index >= 15 is 0 Å². The molecular formula is C12H16N2O4. The van der Waals surface area contributed by atoms with Crippen LogP contribution in [0.4, 0.5) is 5.69 Å². The van der Waals surface area contributed by atoms with Gasteiger partial charge in [0.25, 0.3) is 0 Å². The number of phenolic OH excluding ortho intramolecular Hbond substituents is 1. The molecule has 0 saturated heterocycles. The number of nitrogens with one attached hydrogen (secondary N) is 1. The third-order valence-electron chi connectivity index (χ3n) is 2.32. The lowest BCUT2D eigenvalue weighted by atomic mass is 10.1. The molecule has 1 rings (SSSR count). The van der Waals surface area contributed by atoms with E-state index in [2.05, 4.69) is 10.1 Å². The molecule has 18 heavy (non-hydrogen) atoms. The summed E-state index contributed by atoms with van der Waals surface area (Å²) in [5.41, 5.74) is 5.99. The minimum Gasteiger partial charge on any atom is -0.508 e. The van der Waals surface area contributed by atoms with Crippen LogP contribution in [0.25, 0.3) is 0 Å². The van der Waals surface area contributed by atoms with E-state index in [1.807, 2.05) is 0 Å². The van der Waals surface area contributed by atoms with Gasteiger partial charge in [0.15, 0.2) is 0 Å². The van der Waals surface area contributed by atoms with Crippen LogP contribution in [0.15, 0.2) is 24.3 Å². The summed E-state index contributed by atoms with van der Waals surface area (Å²) in [6.45, 7) is 0. The van der Waals surface area contributed by atoms with E-state index in [4.69, 9.17) is 5.73 Å². The Bertz CT molecular complexity index is 434. The molecule has 1 aromatic carbocycles. The SMILES string of the molecule is COC(=O)[C@@H](N)CCC(=O)Nc1cccc(O)c1. The van der Waals surface area contributed by atoms with Crippen molar-refractivity contribution in [1.29, 1.82) is 0 Å². The van der Waals surface area contributed by atoms with Gasteiger partial charge in [0.1, 0.15) is 11.8 Å². The van der Waals surface area contributed by atoms with Crippen molar-refractivity contribution in [2.24, 2.45) is 5.73 Å². The molecule has 0 heterocycles. The molecule has 0 aromatic heterocycles. The third kappa shape index (κ3) is 4.42. The van der Waals surface area contributed by atoms with Gasteiger partial charge in [-0.2, -0.15) is 0 Å². The molecule has 0 aliphatic rings. The van der Waals surface area contributed by atoms with Crippen LogP contribution < -0.4 is 11.1 Å². The number of benzene rings is 1. The fourth-order valence-electron chi connectivity index (χ4n) is 1.36. The number of esters is 1. The zero-order valence-electron chi connectivity index (χ0n) is 10.1. The van der Waals surface area contributed by atoms with Crippen LogP contribution in [0, 0.1) is 0 Å². The number of anilines is 1. The van der Waals surface area contributed by atoms with E-state index < -0.39 is 12.0 Å². The van der Waals surface area contributed by atoms with Gasteiger partial charge in [-0.1, -0.05) is 6.07 Å². The van der Waals surface area contributed by atoms with Crippen LogP contribution in [0.2, 0.25) is 0 Å². The van der Waals surface area contributed by atoms with Crippen LogP contribution in [0.5, 0.6) is 5.75 Å². The third-order valence-corrected chi connectivity index (χ3v) is 2.32. The number of nitrogens with two attached hydrogens (primary N) is 1. The molecule has 6 heteroatoms. The normalized spacial score (nSPS) is 11.7. The first-order chi connectivity index (χ1) is 8.52. The number of aromatic hydroxyl groups is 1. The number of carbonyl (C=O) groups is 2. The number of amides is 1. The van der Waals surface area contributed by atoms with Gasteiger partial charge in [-0.25, -0.2) is 0 Å². The summed E-state index contributed by atoms with van der Waals surface area (Å²) < 4.78 is 4.45. The van der Waals surface area contributed by atoms with Gasteiger partial charge in [-0.3, -0.25) is 9.59 Å². The molecule has 1 aromatic rings. The number of carbonyl (C=O) groups excluding carboxylic acids is 2. The smallest absolute Gasteiger partial charge is 0.322 e. The summed E-state index contributed by atoms with van der Waals surface area (Å²) in [6.07, 6.45) is 0.309. The van der Waals surface area contributed by atoms with Crippen molar-refractivity contribution >= 4 is 17.6 Å². The summed E-state index contributed by atoms with van der Waals surface area (Å²) in [6, 6.07) is 5.40. The molecule has 0 aliphatic carbocycles. The topological polar surface area (TPSA) is 102 Å². The first-order valence-corrected chi connectivity index (χ1v) is 5.45. The van der Waals surface area contributed by atoms with Crippen LogP contribution in [-0.2, 0) is 14.3 Å². The van der Waals surface area contributed by atoms with E-state index in [-0.39, 0.29) is 24.5 Å². The van der Waals surface area contributed by atoms with Gasteiger partial charge in [-0.05, 0) is 18.6 Å². The first kappa shape index (κ1) is 14.0. The molecule has 4 N–H and O–H groups in total. The van der Waals surface area contributed by atoms with E-state index in [1.165, 1.54) is 19.2 Å². The van der Waals surface area contributed by atoms with Crippen LogP contribution >= 0.6 is 0 Å². The Balaban J connectivity index is 2.41. The highest BCUT2D eigenvalue weighted by Crippen LogP contribution is 2.15. The Hall–Kier alpha value is -2.08. The molecule has 0 fully saturated rings. The standard InChI is InChI=1S/C12H16N2O4/c1-18-12(17)10(13)5-6-11(16)14-8-3-2-4-9(15)7-8/h2-4,7,10,15H,5-6,13H2,1H3,(H,14,16)/t10-/m0/s1. The number of hydrogen-bond donors (Lipinski definition) is 3. The molecule has 1 atom stereocenters. The average molecular weight is 252 g/mol. The second-order valence-electron chi connectivity index (χ2n) is 3.77. The maximum Gasteiger partial charge on any atom is 0.322 e. The van der Waals surface area contributed by atoms with Crippen molar-refractivity contribution in [3.8, 4) is 5.75 Å². The Morgan fingerprint density at radius 3 is 2.83 bits per heavy atom. The minimum absolute atomic E-state index is 0.0686. The average Bonchev–Trinajstić information content (AvgIpc) is 2.35. The quantitative estimate of drug-likeness (QED) is 0.666. The second kappa shape index (κ2) is 6.61. The van der Waals surface area contributed by atoms with Crippen molar-refractivity contribution in [3.63, 3.8) is 0 Å². The Morgan fingerprint density at radius 1 is 1.50 bits per heavy atom. The summed E-state index contributed by atoms with van der Waals surface area (Å²) in [5, 5.41) is 11.8. The van der Waals surface area contributed by atoms with Crippen molar-refractivity contribution in [2.75, 3.05) is 12.4 Å². The summed E-state index contributed by atoms with van der Waals surface area (Å²) in [7, 11) is 1.25. The molecule has 0 aliphatic heterocycles. The van der Waals surface area contributed by atoms with Gasteiger partial charge in [0, 0.05) is 18.2 Å². The monoisotopic (exact) mass is 252 g/mol. The summed E-state index contributed by atoms with van der Waals surface area (Å²) in [5.74, 6) is -0.751. The minimum atomic E-state index is -0.801. The maximum absolute atomic E-state index is 11.5. The van der Waals surface area contributed by atoms with E-state index in [0.29, 0.717) is 5.69 Å². The molecule has 0 unspecified atom stereocenters. The van der Waals surface area contributed by atoms with Gasteiger partial charge in [0.2, 0.25) is 5.91 Å². The molecule has 0 spiro atoms. The zero-order valence-corrected chi connectivity index (χ0v) is 10.1. The number of rotatable bonds is 5. The predicted octanol–water partition coefficient (Wildman–Crippen LogP) is 0.611. The van der Waals surface area contributed by atoms with E-state index in [1.54, 1.807) is 12.1 Å². The summed E-state index contributed by atoms with van der Waals surface area (Å²) in [4.78, 5) is 22.6. The molecule has 0 saturated carbocycles. The predicted molar refractivity (Wildman–Crippen MR) is 66.0 cm³/mol. The van der Waals surface area contributed by atoms with E-state index in [9.17, 15) is 14.7 Å². The highest BCUT2D eigenvalue weighted by atomic mass is 16.5. The lowest BCUT2D eigenvalue weighted by Gasteiger charge is -2.09. The molecule has 6 nitrogen and oxygen atoms in total. The zero-order chi connectivity index (χ0) is 13.5. The first-order valence-electron chi connectivity index (χ1n) is 5.45. The Labute approximate surface area is 105 Å². The fraction of sp³-hybridized carbons (Fsp3) is 0.333. The maximum atomic E-state index is 11.5. The van der Waals surface area contributed by atoms with Crippen LogP contribution in [0.1, 0.15) is 12.8 Å². The molecule has 0 bridgehead atoms.